The van der Waals surface area contributed by atoms with Crippen molar-refractivity contribution in [2.45, 2.75) is 19.3 Å². The van der Waals surface area contributed by atoms with Crippen LogP contribution in [0.2, 0.25) is 0 Å². The van der Waals surface area contributed by atoms with Gasteiger partial charge in [-0.2, -0.15) is 0 Å². The van der Waals surface area contributed by atoms with Crippen molar-refractivity contribution in [2.24, 2.45) is 0 Å². The SMILES string of the molecule is CC1(C)c2ccccc2-c2ccc(N(c3cccc4c3oc3cc(-c5ccccc5)c5ccccc5c34)c3cccc4oc5ccccc5c34)cc21. The summed E-state index contributed by atoms with van der Waals surface area (Å²) in [6, 6.07) is 58.6. The number of hydrogen-bond donors (Lipinski definition) is 0. The molecule has 2 aromatic heterocycles. The molecule has 0 bridgehead atoms. The molecule has 0 spiro atoms. The number of anilines is 3. The minimum atomic E-state index is -0.153. The Morgan fingerprint density at radius 1 is 0.423 bits per heavy atom. The van der Waals surface area contributed by atoms with Crippen LogP contribution in [0.4, 0.5) is 17.1 Å². The van der Waals surface area contributed by atoms with E-state index >= 15 is 0 Å². The van der Waals surface area contributed by atoms with Crippen molar-refractivity contribution >= 4 is 71.7 Å². The Morgan fingerprint density at radius 3 is 1.98 bits per heavy atom. The summed E-state index contributed by atoms with van der Waals surface area (Å²) in [6.07, 6.45) is 0. The van der Waals surface area contributed by atoms with E-state index in [0.29, 0.717) is 0 Å². The molecule has 8 aromatic carbocycles. The summed E-state index contributed by atoms with van der Waals surface area (Å²) in [5.41, 5.74) is 14.0. The van der Waals surface area contributed by atoms with Gasteiger partial charge in [-0.05, 0) is 86.6 Å². The molecule has 0 N–H and O–H groups in total. The third-order valence-corrected chi connectivity index (χ3v) is 11.3. The highest BCUT2D eigenvalue weighted by Crippen LogP contribution is 2.53. The van der Waals surface area contributed by atoms with Crippen LogP contribution in [0.3, 0.4) is 0 Å². The van der Waals surface area contributed by atoms with E-state index < -0.39 is 0 Å². The molecule has 10 aromatic rings. The monoisotopic (exact) mass is 667 g/mol. The number of para-hydroxylation sites is 2. The van der Waals surface area contributed by atoms with Gasteiger partial charge in [0.05, 0.1) is 16.8 Å². The molecule has 3 nitrogen and oxygen atoms in total. The summed E-state index contributed by atoms with van der Waals surface area (Å²) in [7, 11) is 0. The summed E-state index contributed by atoms with van der Waals surface area (Å²) in [5, 5.41) is 6.77. The van der Waals surface area contributed by atoms with Crippen molar-refractivity contribution in [2.75, 3.05) is 4.90 Å². The number of hydrogen-bond acceptors (Lipinski definition) is 3. The molecule has 3 heteroatoms. The molecule has 0 saturated heterocycles. The van der Waals surface area contributed by atoms with Crippen molar-refractivity contribution in [3.8, 4) is 22.3 Å². The van der Waals surface area contributed by atoms with Crippen LogP contribution < -0.4 is 4.90 Å². The Morgan fingerprint density at radius 2 is 1.10 bits per heavy atom. The second-order valence-corrected chi connectivity index (χ2v) is 14.4. The molecule has 0 fully saturated rings. The molecule has 246 valence electrons. The van der Waals surface area contributed by atoms with E-state index in [0.717, 1.165) is 66.5 Å². The van der Waals surface area contributed by atoms with Gasteiger partial charge in [-0.15, -0.1) is 0 Å². The van der Waals surface area contributed by atoms with Gasteiger partial charge in [-0.25, -0.2) is 0 Å². The third kappa shape index (κ3) is 4.02. The zero-order chi connectivity index (χ0) is 34.6. The van der Waals surface area contributed by atoms with Gasteiger partial charge in [-0.3, -0.25) is 0 Å². The molecular weight excluding hydrogens is 635 g/mol. The molecule has 52 heavy (non-hydrogen) atoms. The maximum atomic E-state index is 7.08. The van der Waals surface area contributed by atoms with Gasteiger partial charge in [0.2, 0.25) is 0 Å². The van der Waals surface area contributed by atoms with E-state index in [9.17, 15) is 0 Å². The van der Waals surface area contributed by atoms with Gasteiger partial charge in [0.1, 0.15) is 16.7 Å². The fourth-order valence-electron chi connectivity index (χ4n) is 8.86. The first-order valence-corrected chi connectivity index (χ1v) is 17.9. The Kier molecular flexibility index (Phi) is 6.01. The zero-order valence-corrected chi connectivity index (χ0v) is 28.9. The minimum absolute atomic E-state index is 0.153. The normalized spacial score (nSPS) is 13.3. The van der Waals surface area contributed by atoms with Crippen LogP contribution in [-0.4, -0.2) is 0 Å². The van der Waals surface area contributed by atoms with Gasteiger partial charge in [0.15, 0.2) is 5.58 Å². The second kappa shape index (κ2) is 10.7. The Labute approximate surface area is 301 Å². The average Bonchev–Trinajstić information content (AvgIpc) is 3.84. The van der Waals surface area contributed by atoms with Crippen LogP contribution >= 0.6 is 0 Å². The highest BCUT2D eigenvalue weighted by Gasteiger charge is 2.36. The van der Waals surface area contributed by atoms with Gasteiger partial charge < -0.3 is 13.7 Å². The lowest BCUT2D eigenvalue weighted by atomic mass is 9.82. The first-order valence-electron chi connectivity index (χ1n) is 17.9. The number of furan rings is 2. The van der Waals surface area contributed by atoms with Gasteiger partial charge in [-0.1, -0.05) is 135 Å². The molecule has 0 atom stereocenters. The van der Waals surface area contributed by atoms with Crippen LogP contribution in [0.25, 0.3) is 76.9 Å². The fraction of sp³-hybridized carbons (Fsp3) is 0.0612. The summed E-state index contributed by atoms with van der Waals surface area (Å²) in [4.78, 5) is 2.38. The quantitative estimate of drug-likeness (QED) is 0.187. The smallest absolute Gasteiger partial charge is 0.159 e. The molecule has 0 saturated carbocycles. The molecule has 0 unspecified atom stereocenters. The van der Waals surface area contributed by atoms with E-state index in [2.05, 4.69) is 170 Å². The van der Waals surface area contributed by atoms with Crippen molar-refractivity contribution in [3.05, 3.63) is 175 Å². The van der Waals surface area contributed by atoms with Crippen LogP contribution in [0.5, 0.6) is 0 Å². The molecule has 0 aliphatic heterocycles. The number of nitrogens with zero attached hydrogens (tertiary/aromatic N) is 1. The van der Waals surface area contributed by atoms with Gasteiger partial charge in [0.25, 0.3) is 0 Å². The van der Waals surface area contributed by atoms with Crippen molar-refractivity contribution < 1.29 is 8.83 Å². The summed E-state index contributed by atoms with van der Waals surface area (Å²) >= 11 is 0. The van der Waals surface area contributed by atoms with Crippen molar-refractivity contribution in [1.82, 2.24) is 0 Å². The Balaban J connectivity index is 1.23. The predicted octanol–water partition coefficient (Wildman–Crippen LogP) is 14.1. The van der Waals surface area contributed by atoms with E-state index in [-0.39, 0.29) is 5.41 Å². The van der Waals surface area contributed by atoms with Gasteiger partial charge in [0, 0.05) is 27.3 Å². The summed E-state index contributed by atoms with van der Waals surface area (Å²) in [6.45, 7) is 4.68. The second-order valence-electron chi connectivity index (χ2n) is 14.4. The molecule has 1 aliphatic carbocycles. The van der Waals surface area contributed by atoms with Crippen LogP contribution in [0.1, 0.15) is 25.0 Å². The molecular formula is C49H33NO2. The molecule has 11 rings (SSSR count). The van der Waals surface area contributed by atoms with E-state index in [1.807, 2.05) is 12.1 Å². The van der Waals surface area contributed by atoms with E-state index in [1.54, 1.807) is 0 Å². The summed E-state index contributed by atoms with van der Waals surface area (Å²) < 4.78 is 13.5. The topological polar surface area (TPSA) is 29.5 Å². The molecule has 2 heterocycles. The lowest BCUT2D eigenvalue weighted by Crippen LogP contribution is -2.16. The third-order valence-electron chi connectivity index (χ3n) is 11.3. The van der Waals surface area contributed by atoms with E-state index in [1.165, 1.54) is 38.6 Å². The minimum Gasteiger partial charge on any atom is -0.456 e. The number of fused-ring (bicyclic) bond motifs is 11. The lowest BCUT2D eigenvalue weighted by Gasteiger charge is -2.28. The lowest BCUT2D eigenvalue weighted by molar-refractivity contribution is 0.660. The maximum Gasteiger partial charge on any atom is 0.159 e. The summed E-state index contributed by atoms with van der Waals surface area (Å²) in [5.74, 6) is 0. The Hall–Kier alpha value is -6.58. The molecule has 1 aliphatic rings. The highest BCUT2D eigenvalue weighted by molar-refractivity contribution is 6.24. The largest absolute Gasteiger partial charge is 0.456 e. The van der Waals surface area contributed by atoms with Crippen LogP contribution in [0, 0.1) is 0 Å². The molecule has 0 amide bonds. The number of rotatable bonds is 4. The molecule has 0 radical (unpaired) electrons. The van der Waals surface area contributed by atoms with Crippen molar-refractivity contribution in [1.29, 1.82) is 0 Å². The first-order chi connectivity index (χ1) is 25.6. The number of benzene rings is 8. The average molecular weight is 668 g/mol. The standard InChI is InChI=1S/C49H33NO2/c1-49(2)39-21-10-8-17-33(39)34-27-26-31(28-40(34)49)50(41-22-13-25-44-47(41)36-19-9-11-24-43(36)51-44)42-23-12-20-37-46-35-18-7-6-16-32(35)38(29-45(46)52-48(37)42)30-14-4-3-5-15-30/h3-29H,1-2H3. The predicted molar refractivity (Wildman–Crippen MR) is 216 cm³/mol. The van der Waals surface area contributed by atoms with Crippen LogP contribution in [-0.2, 0) is 5.41 Å². The van der Waals surface area contributed by atoms with E-state index in [4.69, 9.17) is 8.83 Å². The zero-order valence-electron chi connectivity index (χ0n) is 28.9. The first kappa shape index (κ1) is 29.2. The maximum absolute atomic E-state index is 7.08. The fourth-order valence-corrected chi connectivity index (χ4v) is 8.86. The van der Waals surface area contributed by atoms with Gasteiger partial charge >= 0.3 is 0 Å². The highest BCUT2D eigenvalue weighted by atomic mass is 16.3. The Bertz CT molecular complexity index is 3050. The van der Waals surface area contributed by atoms with Crippen molar-refractivity contribution in [3.63, 3.8) is 0 Å². The van der Waals surface area contributed by atoms with Crippen LogP contribution in [0.15, 0.2) is 173 Å².